The van der Waals surface area contributed by atoms with Crippen LogP contribution in [-0.4, -0.2) is 126 Å². The van der Waals surface area contributed by atoms with Crippen molar-refractivity contribution in [2.24, 2.45) is 0 Å². The average molecular weight is 547 g/mol. The van der Waals surface area contributed by atoms with Crippen molar-refractivity contribution in [1.29, 1.82) is 0 Å². The molecule has 0 radical (unpaired) electrons. The first-order chi connectivity index (χ1) is 18.2. The number of carbonyl (C=O) groups is 4. The fraction of sp³-hybridized carbons (Fsp3) is 0.846. The van der Waals surface area contributed by atoms with Gasteiger partial charge < -0.3 is 39.4 Å². The Morgan fingerprint density at radius 2 is 0.763 bits per heavy atom. The highest BCUT2D eigenvalue weighted by Gasteiger charge is 2.10. The van der Waals surface area contributed by atoms with Crippen LogP contribution < -0.4 is 10.6 Å². The highest BCUT2D eigenvalue weighted by atomic mass is 16.5. The Morgan fingerprint density at radius 1 is 0.447 bits per heavy atom. The lowest BCUT2D eigenvalue weighted by Gasteiger charge is -2.28. The summed E-state index contributed by atoms with van der Waals surface area (Å²) in [6.07, 6.45) is 3.02. The van der Waals surface area contributed by atoms with Gasteiger partial charge in [0.05, 0.1) is 26.4 Å². The van der Waals surface area contributed by atoms with Gasteiger partial charge in [-0.1, -0.05) is 0 Å². The van der Waals surface area contributed by atoms with Crippen molar-refractivity contribution >= 4 is 23.9 Å². The Labute approximate surface area is 228 Å². The molecule has 222 valence electrons. The number of hydrogen-bond donors (Lipinski definition) is 2. The van der Waals surface area contributed by atoms with Crippen molar-refractivity contribution in [3.63, 3.8) is 0 Å². The third-order valence-electron chi connectivity index (χ3n) is 5.40. The molecule has 0 fully saturated rings. The molecule has 0 aliphatic carbocycles. The second-order valence-electron chi connectivity index (χ2n) is 8.96. The first-order valence-electron chi connectivity index (χ1n) is 13.6. The molecule has 0 aliphatic heterocycles. The molecule has 0 saturated carbocycles. The number of carbonyl (C=O) groups excluding carboxylic acids is 4. The standard InChI is InChI=1S/C26H50N4O8/c1-23(31)35-19-5-9-27-11-15-29(13-7-21-37-25(3)33)17-18-30(14-8-22-38-26(4)34)16-12-28-10-6-20-36-24(2)32/h27-28H,5-22H2,1-4H3. The molecule has 0 bridgehead atoms. The molecule has 38 heavy (non-hydrogen) atoms. The summed E-state index contributed by atoms with van der Waals surface area (Å²) in [4.78, 5) is 48.5. The number of rotatable bonds is 25. The summed E-state index contributed by atoms with van der Waals surface area (Å²) >= 11 is 0. The number of nitrogens with zero attached hydrogens (tertiary/aromatic N) is 2. The van der Waals surface area contributed by atoms with E-state index >= 15 is 0 Å². The molecule has 0 rings (SSSR count). The molecule has 0 aromatic heterocycles. The zero-order valence-electron chi connectivity index (χ0n) is 23.9. The highest BCUT2D eigenvalue weighted by Crippen LogP contribution is 1.98. The molecule has 0 heterocycles. The molecular weight excluding hydrogens is 496 g/mol. The number of ether oxygens (including phenoxy) is 4. The van der Waals surface area contributed by atoms with E-state index in [1.165, 1.54) is 27.7 Å². The van der Waals surface area contributed by atoms with Crippen molar-refractivity contribution < 1.29 is 38.1 Å². The quantitative estimate of drug-likeness (QED) is 0.0942. The molecule has 0 aromatic carbocycles. The summed E-state index contributed by atoms with van der Waals surface area (Å²) in [7, 11) is 0. The minimum absolute atomic E-state index is 0.265. The Kier molecular flexibility index (Phi) is 23.5. The second-order valence-corrected chi connectivity index (χ2v) is 8.96. The molecule has 0 spiro atoms. The Balaban J connectivity index is 4.60. The number of esters is 4. The summed E-state index contributed by atoms with van der Waals surface area (Å²) in [6.45, 7) is 15.3. The molecule has 0 aliphatic rings. The largest absolute Gasteiger partial charge is 0.466 e. The van der Waals surface area contributed by atoms with Crippen LogP contribution in [0.3, 0.4) is 0 Å². The third-order valence-corrected chi connectivity index (χ3v) is 5.40. The van der Waals surface area contributed by atoms with Crippen LogP contribution in [0.2, 0.25) is 0 Å². The molecule has 0 atom stereocenters. The fourth-order valence-corrected chi connectivity index (χ4v) is 3.51. The van der Waals surface area contributed by atoms with Crippen LogP contribution >= 0.6 is 0 Å². The van der Waals surface area contributed by atoms with E-state index in [2.05, 4.69) is 20.4 Å². The van der Waals surface area contributed by atoms with E-state index in [0.29, 0.717) is 26.4 Å². The maximum Gasteiger partial charge on any atom is 0.302 e. The Hall–Kier alpha value is -2.28. The number of hydrogen-bond acceptors (Lipinski definition) is 12. The first kappa shape index (κ1) is 35.7. The minimum atomic E-state index is -0.273. The van der Waals surface area contributed by atoms with Crippen molar-refractivity contribution in [3.05, 3.63) is 0 Å². The first-order valence-corrected chi connectivity index (χ1v) is 13.6. The van der Waals surface area contributed by atoms with Gasteiger partial charge in [-0.15, -0.1) is 0 Å². The van der Waals surface area contributed by atoms with Gasteiger partial charge in [-0.25, -0.2) is 0 Å². The zero-order valence-corrected chi connectivity index (χ0v) is 23.9. The van der Waals surface area contributed by atoms with Crippen LogP contribution in [-0.2, 0) is 38.1 Å². The molecule has 2 N–H and O–H groups in total. The summed E-state index contributed by atoms with van der Waals surface area (Å²) < 4.78 is 20.1. The lowest BCUT2D eigenvalue weighted by atomic mass is 10.3. The molecule has 0 saturated heterocycles. The highest BCUT2D eigenvalue weighted by molar-refractivity contribution is 5.66. The van der Waals surface area contributed by atoms with Crippen LogP contribution in [0.15, 0.2) is 0 Å². The molecule has 0 aromatic rings. The Morgan fingerprint density at radius 3 is 1.08 bits per heavy atom. The van der Waals surface area contributed by atoms with Crippen LogP contribution in [0.4, 0.5) is 0 Å². The normalized spacial score (nSPS) is 11.0. The molecule has 0 unspecified atom stereocenters. The van der Waals surface area contributed by atoms with Crippen molar-refractivity contribution in [2.45, 2.75) is 53.4 Å². The minimum Gasteiger partial charge on any atom is -0.466 e. The Bertz CT molecular complexity index is 597. The summed E-state index contributed by atoms with van der Waals surface area (Å²) in [5.41, 5.74) is 0. The molecular formula is C26H50N4O8. The van der Waals surface area contributed by atoms with Crippen LogP contribution in [0.5, 0.6) is 0 Å². The summed E-state index contributed by atoms with van der Waals surface area (Å²) in [5, 5.41) is 6.76. The predicted molar refractivity (Wildman–Crippen MR) is 144 cm³/mol. The van der Waals surface area contributed by atoms with Gasteiger partial charge in [0, 0.05) is 80.1 Å². The molecule has 12 nitrogen and oxygen atoms in total. The van der Waals surface area contributed by atoms with E-state index in [4.69, 9.17) is 18.9 Å². The SMILES string of the molecule is CC(=O)OCCCNCCN(CCCOC(C)=O)CCN(CCCOC(C)=O)CCNCCCOC(C)=O. The van der Waals surface area contributed by atoms with Gasteiger partial charge in [0.15, 0.2) is 0 Å². The van der Waals surface area contributed by atoms with Gasteiger partial charge in [-0.3, -0.25) is 19.2 Å². The van der Waals surface area contributed by atoms with Gasteiger partial charge in [0.2, 0.25) is 0 Å². The topological polar surface area (TPSA) is 136 Å². The maximum atomic E-state index is 11.1. The average Bonchev–Trinajstić information content (AvgIpc) is 2.84. The zero-order chi connectivity index (χ0) is 28.4. The summed E-state index contributed by atoms with van der Waals surface area (Å²) in [5.74, 6) is -1.08. The van der Waals surface area contributed by atoms with Gasteiger partial charge in [-0.2, -0.15) is 0 Å². The van der Waals surface area contributed by atoms with Crippen molar-refractivity contribution in [3.8, 4) is 0 Å². The van der Waals surface area contributed by atoms with Crippen LogP contribution in [0.25, 0.3) is 0 Å². The monoisotopic (exact) mass is 546 g/mol. The molecule has 12 heteroatoms. The van der Waals surface area contributed by atoms with Crippen molar-refractivity contribution in [1.82, 2.24) is 20.4 Å². The van der Waals surface area contributed by atoms with E-state index in [0.717, 1.165) is 91.1 Å². The maximum absolute atomic E-state index is 11.1. The lowest BCUT2D eigenvalue weighted by molar-refractivity contribution is -0.142. The van der Waals surface area contributed by atoms with Gasteiger partial charge in [-0.05, 0) is 38.8 Å². The predicted octanol–water partition coefficient (Wildman–Crippen LogP) is 0.582. The van der Waals surface area contributed by atoms with Gasteiger partial charge in [0.25, 0.3) is 0 Å². The van der Waals surface area contributed by atoms with E-state index in [1.54, 1.807) is 0 Å². The van der Waals surface area contributed by atoms with E-state index in [1.807, 2.05) is 0 Å². The van der Waals surface area contributed by atoms with E-state index in [-0.39, 0.29) is 23.9 Å². The fourth-order valence-electron chi connectivity index (χ4n) is 3.51. The second kappa shape index (κ2) is 25.0. The van der Waals surface area contributed by atoms with Crippen molar-refractivity contribution in [2.75, 3.05) is 91.9 Å². The van der Waals surface area contributed by atoms with Gasteiger partial charge >= 0.3 is 23.9 Å². The lowest BCUT2D eigenvalue weighted by Crippen LogP contribution is -2.42. The molecule has 0 amide bonds. The van der Waals surface area contributed by atoms with E-state index in [9.17, 15) is 19.2 Å². The van der Waals surface area contributed by atoms with Crippen LogP contribution in [0, 0.1) is 0 Å². The third kappa shape index (κ3) is 26.8. The van der Waals surface area contributed by atoms with E-state index < -0.39 is 0 Å². The smallest absolute Gasteiger partial charge is 0.302 e. The number of nitrogens with one attached hydrogen (secondary N) is 2. The summed E-state index contributed by atoms with van der Waals surface area (Å²) in [6, 6.07) is 0. The van der Waals surface area contributed by atoms with Gasteiger partial charge in [0.1, 0.15) is 0 Å². The van der Waals surface area contributed by atoms with Crippen LogP contribution in [0.1, 0.15) is 53.4 Å².